The molecule has 0 aliphatic heterocycles. The molecule has 6 heteroatoms. The Morgan fingerprint density at radius 2 is 2.08 bits per heavy atom. The van der Waals surface area contributed by atoms with Crippen LogP contribution in [0.2, 0.25) is 0 Å². The van der Waals surface area contributed by atoms with Crippen molar-refractivity contribution in [1.29, 1.82) is 0 Å². The van der Waals surface area contributed by atoms with Crippen LogP contribution >= 0.6 is 0 Å². The van der Waals surface area contributed by atoms with Gasteiger partial charge in [0.15, 0.2) is 0 Å². The minimum Gasteiger partial charge on any atom is -0.507 e. The molecule has 2 aromatic heterocycles. The lowest BCUT2D eigenvalue weighted by Crippen LogP contribution is -2.27. The first-order valence-corrected chi connectivity index (χ1v) is 7.50. The molecule has 0 atom stereocenters. The number of rotatable bonds is 4. The summed E-state index contributed by atoms with van der Waals surface area (Å²) in [6, 6.07) is 6.75. The van der Waals surface area contributed by atoms with Gasteiger partial charge in [-0.1, -0.05) is 0 Å². The van der Waals surface area contributed by atoms with Crippen LogP contribution in [-0.4, -0.2) is 11.0 Å². The normalized spacial score (nSPS) is 10.9. The average molecular weight is 327 g/mol. The van der Waals surface area contributed by atoms with Crippen molar-refractivity contribution in [3.8, 4) is 5.75 Å². The molecule has 1 aromatic carbocycles. The molecule has 2 heterocycles. The van der Waals surface area contributed by atoms with Crippen LogP contribution in [0.25, 0.3) is 11.0 Å². The van der Waals surface area contributed by atoms with E-state index in [-0.39, 0.29) is 30.2 Å². The summed E-state index contributed by atoms with van der Waals surface area (Å²) in [5, 5.41) is 13.3. The minimum absolute atomic E-state index is 0.0310. The van der Waals surface area contributed by atoms with Crippen LogP contribution < -0.4 is 10.9 Å². The first-order chi connectivity index (χ1) is 11.5. The van der Waals surface area contributed by atoms with Crippen LogP contribution in [0, 0.1) is 13.8 Å². The summed E-state index contributed by atoms with van der Waals surface area (Å²) < 4.78 is 10.4. The van der Waals surface area contributed by atoms with E-state index in [1.54, 1.807) is 38.1 Å². The molecule has 0 saturated carbocycles. The number of aryl methyl sites for hydroxylation is 2. The van der Waals surface area contributed by atoms with Gasteiger partial charge in [-0.2, -0.15) is 0 Å². The number of carbonyl (C=O) groups is 1. The van der Waals surface area contributed by atoms with E-state index >= 15 is 0 Å². The topological polar surface area (TPSA) is 92.7 Å². The number of hydrogen-bond acceptors (Lipinski definition) is 5. The van der Waals surface area contributed by atoms with Crippen LogP contribution in [0.15, 0.2) is 44.2 Å². The number of furan rings is 1. The Balaban J connectivity index is 1.89. The predicted octanol–water partition coefficient (Wildman–Crippen LogP) is 2.57. The Morgan fingerprint density at radius 1 is 1.29 bits per heavy atom. The van der Waals surface area contributed by atoms with E-state index in [0.717, 1.165) is 5.56 Å². The van der Waals surface area contributed by atoms with E-state index in [2.05, 4.69) is 5.32 Å². The molecule has 0 unspecified atom stereocenters. The third-order valence-corrected chi connectivity index (χ3v) is 3.88. The Labute approximate surface area is 137 Å². The number of benzene rings is 1. The Hall–Kier alpha value is -3.02. The predicted molar refractivity (Wildman–Crippen MR) is 87.9 cm³/mol. The smallest absolute Gasteiger partial charge is 0.340 e. The van der Waals surface area contributed by atoms with E-state index in [1.165, 1.54) is 6.26 Å². The molecule has 0 radical (unpaired) electrons. The summed E-state index contributed by atoms with van der Waals surface area (Å²) in [5.74, 6) is 0.329. The maximum absolute atomic E-state index is 12.2. The fourth-order valence-corrected chi connectivity index (χ4v) is 2.68. The molecule has 3 aromatic rings. The molecular formula is C18H17NO5. The van der Waals surface area contributed by atoms with Gasteiger partial charge in [-0.05, 0) is 49.2 Å². The molecule has 0 saturated heterocycles. The fraction of sp³-hybridized carbons (Fsp3) is 0.222. The molecule has 0 aliphatic rings. The fourth-order valence-electron chi connectivity index (χ4n) is 2.68. The number of hydrogen-bond donors (Lipinski definition) is 2. The maximum atomic E-state index is 12.2. The molecule has 2 N–H and O–H groups in total. The molecular weight excluding hydrogens is 310 g/mol. The molecule has 0 aliphatic carbocycles. The Kier molecular flexibility index (Phi) is 4.12. The van der Waals surface area contributed by atoms with E-state index in [1.807, 2.05) is 0 Å². The Morgan fingerprint density at radius 3 is 2.79 bits per heavy atom. The molecule has 3 rings (SSSR count). The molecule has 24 heavy (non-hydrogen) atoms. The monoisotopic (exact) mass is 327 g/mol. The van der Waals surface area contributed by atoms with Gasteiger partial charge >= 0.3 is 5.63 Å². The highest BCUT2D eigenvalue weighted by molar-refractivity contribution is 5.89. The lowest BCUT2D eigenvalue weighted by atomic mass is 10.0. The van der Waals surface area contributed by atoms with Crippen molar-refractivity contribution in [2.24, 2.45) is 0 Å². The molecule has 0 bridgehead atoms. The summed E-state index contributed by atoms with van der Waals surface area (Å²) in [5.41, 5.74) is 1.31. The molecule has 6 nitrogen and oxygen atoms in total. The number of aromatic hydroxyl groups is 1. The summed E-state index contributed by atoms with van der Waals surface area (Å²) >= 11 is 0. The molecule has 0 fully saturated rings. The van der Waals surface area contributed by atoms with Gasteiger partial charge in [-0.25, -0.2) is 4.79 Å². The average Bonchev–Trinajstić information content (AvgIpc) is 3.01. The highest BCUT2D eigenvalue weighted by Crippen LogP contribution is 2.29. The van der Waals surface area contributed by atoms with Gasteiger partial charge in [-0.3, -0.25) is 4.79 Å². The van der Waals surface area contributed by atoms with Crippen molar-refractivity contribution >= 4 is 16.9 Å². The molecule has 124 valence electrons. The van der Waals surface area contributed by atoms with Crippen molar-refractivity contribution in [2.75, 3.05) is 0 Å². The number of nitrogens with one attached hydrogen (secondary N) is 1. The number of amides is 1. The summed E-state index contributed by atoms with van der Waals surface area (Å²) in [4.78, 5) is 24.3. The van der Waals surface area contributed by atoms with Gasteiger partial charge in [-0.15, -0.1) is 0 Å². The SMILES string of the molecule is Cc1cc(O)c2c(C)c(CC(=O)NCc3ccco3)c(=O)oc2c1. The van der Waals surface area contributed by atoms with Crippen LogP contribution in [0.4, 0.5) is 0 Å². The number of carbonyl (C=O) groups excluding carboxylic acids is 1. The summed E-state index contributed by atoms with van der Waals surface area (Å²) in [7, 11) is 0. The quantitative estimate of drug-likeness (QED) is 0.719. The van der Waals surface area contributed by atoms with Crippen molar-refractivity contribution in [2.45, 2.75) is 26.8 Å². The van der Waals surface area contributed by atoms with Crippen molar-refractivity contribution < 1.29 is 18.7 Å². The summed E-state index contributed by atoms with van der Waals surface area (Å²) in [6.07, 6.45) is 1.40. The first kappa shape index (κ1) is 15.9. The summed E-state index contributed by atoms with van der Waals surface area (Å²) in [6.45, 7) is 3.74. The van der Waals surface area contributed by atoms with Gasteiger partial charge in [0.05, 0.1) is 30.2 Å². The number of phenolic OH excluding ortho intramolecular Hbond substituents is 1. The zero-order chi connectivity index (χ0) is 17.3. The molecule has 0 spiro atoms. The zero-order valence-electron chi connectivity index (χ0n) is 13.4. The van der Waals surface area contributed by atoms with Gasteiger partial charge in [0.1, 0.15) is 17.1 Å². The lowest BCUT2D eigenvalue weighted by Gasteiger charge is -2.10. The van der Waals surface area contributed by atoms with Gasteiger partial charge in [0.2, 0.25) is 5.91 Å². The van der Waals surface area contributed by atoms with E-state index in [4.69, 9.17) is 8.83 Å². The zero-order valence-corrected chi connectivity index (χ0v) is 13.4. The standard InChI is InChI=1S/C18H17NO5/c1-10-6-14(20)17-11(2)13(18(22)24-15(17)7-10)8-16(21)19-9-12-4-3-5-23-12/h3-7,20H,8-9H2,1-2H3,(H,19,21). The first-order valence-electron chi connectivity index (χ1n) is 7.50. The van der Waals surface area contributed by atoms with Crippen molar-refractivity contribution in [1.82, 2.24) is 5.32 Å². The van der Waals surface area contributed by atoms with Gasteiger partial charge < -0.3 is 19.3 Å². The second kappa shape index (κ2) is 6.23. The van der Waals surface area contributed by atoms with Crippen molar-refractivity contribution in [3.05, 3.63) is 63.4 Å². The van der Waals surface area contributed by atoms with Gasteiger partial charge in [0.25, 0.3) is 0 Å². The number of phenols is 1. The second-order valence-electron chi connectivity index (χ2n) is 5.68. The third kappa shape index (κ3) is 3.03. The van der Waals surface area contributed by atoms with Gasteiger partial charge in [0, 0.05) is 0 Å². The maximum Gasteiger partial charge on any atom is 0.340 e. The van der Waals surface area contributed by atoms with Crippen LogP contribution in [0.3, 0.4) is 0 Å². The number of fused-ring (bicyclic) bond motifs is 1. The minimum atomic E-state index is -0.571. The highest BCUT2D eigenvalue weighted by Gasteiger charge is 2.17. The van der Waals surface area contributed by atoms with Crippen LogP contribution in [-0.2, 0) is 17.8 Å². The van der Waals surface area contributed by atoms with Crippen molar-refractivity contribution in [3.63, 3.8) is 0 Å². The largest absolute Gasteiger partial charge is 0.507 e. The van der Waals surface area contributed by atoms with E-state index < -0.39 is 5.63 Å². The van der Waals surface area contributed by atoms with Crippen LogP contribution in [0.1, 0.15) is 22.5 Å². The second-order valence-corrected chi connectivity index (χ2v) is 5.68. The third-order valence-electron chi connectivity index (χ3n) is 3.88. The molecule has 1 amide bonds. The lowest BCUT2D eigenvalue weighted by molar-refractivity contribution is -0.120. The van der Waals surface area contributed by atoms with E-state index in [0.29, 0.717) is 22.3 Å². The Bertz CT molecular complexity index is 954. The van der Waals surface area contributed by atoms with E-state index in [9.17, 15) is 14.7 Å². The highest BCUT2D eigenvalue weighted by atomic mass is 16.4. The van der Waals surface area contributed by atoms with Crippen LogP contribution in [0.5, 0.6) is 5.75 Å².